The van der Waals surface area contributed by atoms with Gasteiger partial charge in [-0.3, -0.25) is 0 Å². The number of hydrogen-bond acceptors (Lipinski definition) is 4. The van der Waals surface area contributed by atoms with Gasteiger partial charge in [-0.05, 0) is 74.5 Å². The van der Waals surface area contributed by atoms with Crippen molar-refractivity contribution in [3.8, 4) is 0 Å². The highest BCUT2D eigenvalue weighted by atomic mass is 16.7. The third-order valence-electron chi connectivity index (χ3n) is 10.2. The van der Waals surface area contributed by atoms with Crippen LogP contribution in [0.5, 0.6) is 0 Å². The lowest BCUT2D eigenvalue weighted by atomic mass is 9.84. The van der Waals surface area contributed by atoms with E-state index in [1.165, 1.54) is 32.7 Å². The summed E-state index contributed by atoms with van der Waals surface area (Å²) in [5.74, 6) is -1.61. The predicted molar refractivity (Wildman–Crippen MR) is 187 cm³/mol. The summed E-state index contributed by atoms with van der Waals surface area (Å²) in [7, 11) is 0. The van der Waals surface area contributed by atoms with Gasteiger partial charge in [-0.2, -0.15) is 0 Å². The molecular weight excluding hydrogens is 568 g/mol. The average Bonchev–Trinajstić information content (AvgIpc) is 3.11. The first kappa shape index (κ1) is 29.1. The number of ether oxygens (including phenoxy) is 4. The van der Waals surface area contributed by atoms with Crippen molar-refractivity contribution in [2.24, 2.45) is 0 Å². The molecule has 0 bridgehead atoms. The van der Waals surface area contributed by atoms with Gasteiger partial charge >= 0.3 is 0 Å². The molecule has 0 saturated carbocycles. The molecule has 2 fully saturated rings. The molecule has 2 aliphatic heterocycles. The van der Waals surface area contributed by atoms with Crippen LogP contribution in [0.3, 0.4) is 0 Å². The fourth-order valence-electron chi connectivity index (χ4n) is 7.31. The first-order valence-electron chi connectivity index (χ1n) is 16.1. The van der Waals surface area contributed by atoms with Crippen molar-refractivity contribution < 1.29 is 18.9 Å². The van der Waals surface area contributed by atoms with Gasteiger partial charge in [0.05, 0.1) is 26.4 Å². The fraction of sp³-hybridized carbons (Fsp3) is 0.238. The van der Waals surface area contributed by atoms with E-state index in [1.54, 1.807) is 0 Å². The van der Waals surface area contributed by atoms with Crippen LogP contribution >= 0.6 is 0 Å². The third kappa shape index (κ3) is 4.76. The second-order valence-corrected chi connectivity index (χ2v) is 12.9. The van der Waals surface area contributed by atoms with E-state index in [9.17, 15) is 0 Å². The van der Waals surface area contributed by atoms with Crippen molar-refractivity contribution in [3.05, 3.63) is 144 Å². The van der Waals surface area contributed by atoms with Crippen LogP contribution in [0.25, 0.3) is 44.5 Å². The van der Waals surface area contributed by atoms with Crippen molar-refractivity contribution in [2.75, 3.05) is 26.4 Å². The first-order valence-corrected chi connectivity index (χ1v) is 16.1. The van der Waals surface area contributed by atoms with Crippen LogP contribution in [0.2, 0.25) is 0 Å². The Balaban J connectivity index is 1.20. The molecule has 46 heavy (non-hydrogen) atoms. The Morgan fingerprint density at radius 2 is 0.957 bits per heavy atom. The Labute approximate surface area is 270 Å². The Hall–Kier alpha value is -4.32. The highest BCUT2D eigenvalue weighted by Gasteiger charge is 2.42. The number of benzene rings is 6. The van der Waals surface area contributed by atoms with Gasteiger partial charge in [-0.15, -0.1) is 0 Å². The maximum Gasteiger partial charge on any atom is 0.192 e. The normalized spacial score (nSPS) is 25.3. The molecule has 2 saturated heterocycles. The number of rotatable bonds is 6. The summed E-state index contributed by atoms with van der Waals surface area (Å²) in [6.07, 6.45) is 3.72. The lowest BCUT2D eigenvalue weighted by molar-refractivity contribution is -0.274. The van der Waals surface area contributed by atoms with E-state index in [0.29, 0.717) is 26.4 Å². The van der Waals surface area contributed by atoms with Crippen LogP contribution in [-0.2, 0) is 30.5 Å². The quantitative estimate of drug-likeness (QED) is 0.177. The largest absolute Gasteiger partial charge is 0.345 e. The molecule has 4 nitrogen and oxygen atoms in total. The van der Waals surface area contributed by atoms with Crippen LogP contribution < -0.4 is 0 Å². The summed E-state index contributed by atoms with van der Waals surface area (Å²) >= 11 is 0. The second-order valence-electron chi connectivity index (χ2n) is 12.9. The third-order valence-corrected chi connectivity index (χ3v) is 10.2. The van der Waals surface area contributed by atoms with E-state index < -0.39 is 11.6 Å². The monoisotopic (exact) mass is 606 g/mol. The average molecular weight is 607 g/mol. The van der Waals surface area contributed by atoms with Crippen molar-refractivity contribution in [2.45, 2.75) is 37.3 Å². The number of hydrogen-bond donors (Lipinski definition) is 0. The van der Waals surface area contributed by atoms with E-state index in [-0.39, 0.29) is 11.8 Å². The molecule has 0 aromatic heterocycles. The van der Waals surface area contributed by atoms with E-state index in [4.69, 9.17) is 18.9 Å². The molecule has 0 atom stereocenters. The van der Waals surface area contributed by atoms with Gasteiger partial charge in [0.1, 0.15) is 0 Å². The van der Waals surface area contributed by atoms with Crippen molar-refractivity contribution in [1.29, 1.82) is 0 Å². The predicted octanol–water partition coefficient (Wildman–Crippen LogP) is 9.88. The van der Waals surface area contributed by atoms with E-state index >= 15 is 0 Å². The molecule has 6 aromatic carbocycles. The summed E-state index contributed by atoms with van der Waals surface area (Å²) in [5.41, 5.74) is 6.59. The first-order chi connectivity index (χ1) is 22.4. The maximum absolute atomic E-state index is 6.70. The molecule has 2 heterocycles. The standard InChI is InChI=1S/C42H38O4/c1-5-27-10-14-29(15-11-27)33-23-43-41(3,44-24-33)37-22-38(36-21-19-32-9-7-8-31-18-20-35(37)40(36)39(31)32)42(4)45-25-34(26-46-42)30-16-12-28(6-2)13-17-30/h5-22,33-34H,1-2,23-26H2,3-4H3. The van der Waals surface area contributed by atoms with Crippen LogP contribution in [-0.4, -0.2) is 26.4 Å². The summed E-state index contributed by atoms with van der Waals surface area (Å²) in [4.78, 5) is 0. The zero-order valence-electron chi connectivity index (χ0n) is 26.4. The van der Waals surface area contributed by atoms with E-state index in [2.05, 4.69) is 110 Å². The van der Waals surface area contributed by atoms with E-state index in [0.717, 1.165) is 33.0 Å². The zero-order valence-corrected chi connectivity index (χ0v) is 26.4. The molecule has 230 valence electrons. The van der Waals surface area contributed by atoms with Gasteiger partial charge in [0, 0.05) is 23.0 Å². The van der Waals surface area contributed by atoms with Gasteiger partial charge in [0.25, 0.3) is 0 Å². The lowest BCUT2D eigenvalue weighted by Crippen LogP contribution is -2.41. The van der Waals surface area contributed by atoms with Gasteiger partial charge in [-0.25, -0.2) is 0 Å². The molecule has 0 N–H and O–H groups in total. The van der Waals surface area contributed by atoms with Gasteiger partial charge in [0.15, 0.2) is 11.6 Å². The molecule has 0 radical (unpaired) electrons. The Morgan fingerprint density at radius 1 is 0.543 bits per heavy atom. The highest BCUT2D eigenvalue weighted by molar-refractivity contribution is 6.24. The minimum Gasteiger partial charge on any atom is -0.345 e. The van der Waals surface area contributed by atoms with Crippen LogP contribution in [0.4, 0.5) is 0 Å². The summed E-state index contributed by atoms with van der Waals surface area (Å²) < 4.78 is 26.8. The minimum atomic E-state index is -0.949. The molecule has 0 unspecified atom stereocenters. The Kier molecular flexibility index (Phi) is 7.08. The smallest absolute Gasteiger partial charge is 0.192 e. The molecular formula is C42H38O4. The van der Waals surface area contributed by atoms with Crippen LogP contribution in [0.15, 0.2) is 110 Å². The summed E-state index contributed by atoms with van der Waals surface area (Å²) in [6.45, 7) is 14.1. The van der Waals surface area contributed by atoms with Crippen LogP contribution in [0, 0.1) is 0 Å². The molecule has 6 aromatic rings. The van der Waals surface area contributed by atoms with Crippen molar-refractivity contribution in [3.63, 3.8) is 0 Å². The Bertz CT molecular complexity index is 1920. The molecule has 8 rings (SSSR count). The Morgan fingerprint density at radius 3 is 1.35 bits per heavy atom. The zero-order chi connectivity index (χ0) is 31.5. The van der Waals surface area contributed by atoms with Crippen molar-refractivity contribution >= 4 is 44.5 Å². The van der Waals surface area contributed by atoms with Gasteiger partial charge in [0.2, 0.25) is 0 Å². The van der Waals surface area contributed by atoms with Gasteiger partial charge in [-0.1, -0.05) is 116 Å². The molecule has 0 aliphatic carbocycles. The van der Waals surface area contributed by atoms with Crippen LogP contribution in [0.1, 0.15) is 59.1 Å². The SMILES string of the molecule is C=Cc1ccc(C2COC(C)(c3cc(C4(C)OCC(c5ccc(C=C)cc5)CO4)c4ccc5cccc6ccc3c4c65)OC2)cc1. The minimum absolute atomic E-state index is 0.145. The fourth-order valence-corrected chi connectivity index (χ4v) is 7.31. The van der Waals surface area contributed by atoms with E-state index in [1.807, 2.05) is 26.0 Å². The maximum atomic E-state index is 6.70. The van der Waals surface area contributed by atoms with Gasteiger partial charge < -0.3 is 18.9 Å². The molecule has 0 amide bonds. The molecule has 2 aliphatic rings. The summed E-state index contributed by atoms with van der Waals surface area (Å²) in [6, 6.07) is 34.5. The lowest BCUT2D eigenvalue weighted by Gasteiger charge is -2.42. The highest BCUT2D eigenvalue weighted by Crippen LogP contribution is 2.48. The topological polar surface area (TPSA) is 36.9 Å². The second kappa shape index (κ2) is 11.2. The summed E-state index contributed by atoms with van der Waals surface area (Å²) in [5, 5.41) is 7.08. The molecule has 0 spiro atoms. The molecule has 4 heteroatoms. The van der Waals surface area contributed by atoms with Crippen molar-refractivity contribution in [1.82, 2.24) is 0 Å².